The van der Waals surface area contributed by atoms with Gasteiger partial charge < -0.3 is 10.1 Å². The summed E-state index contributed by atoms with van der Waals surface area (Å²) >= 11 is 17.3. The number of esters is 1. The predicted octanol–water partition coefficient (Wildman–Crippen LogP) is 3.84. The summed E-state index contributed by atoms with van der Waals surface area (Å²) in [5.74, 6) is -1.20. The number of hydrogen-bond acceptors (Lipinski definition) is 4. The molecule has 0 fully saturated rings. The summed E-state index contributed by atoms with van der Waals surface area (Å²) in [4.78, 5) is 27.2. The topological polar surface area (TPSA) is 68.3 Å². The highest BCUT2D eigenvalue weighted by Crippen LogP contribution is 2.22. The molecule has 1 heterocycles. The van der Waals surface area contributed by atoms with Crippen molar-refractivity contribution < 1.29 is 14.3 Å². The molecule has 1 amide bonds. The molecule has 0 saturated carbocycles. The molecular weight excluding hydrogens is 351 g/mol. The Morgan fingerprint density at radius 2 is 1.77 bits per heavy atom. The van der Waals surface area contributed by atoms with E-state index in [1.165, 1.54) is 36.5 Å². The van der Waals surface area contributed by atoms with Crippen LogP contribution in [0.4, 0.5) is 5.69 Å². The van der Waals surface area contributed by atoms with Crippen molar-refractivity contribution in [1.29, 1.82) is 0 Å². The Kier molecular flexibility index (Phi) is 5.60. The first-order valence-corrected chi connectivity index (χ1v) is 7.12. The molecule has 0 atom stereocenters. The number of carbonyl (C=O) groups is 2. The van der Waals surface area contributed by atoms with Crippen LogP contribution in [0.3, 0.4) is 0 Å². The highest BCUT2D eigenvalue weighted by molar-refractivity contribution is 6.35. The zero-order valence-electron chi connectivity index (χ0n) is 11.0. The SMILES string of the molecule is O=C(COC(=O)c1ccnc(Cl)c1)Nc1cc(Cl)cc(Cl)c1. The van der Waals surface area contributed by atoms with Crippen LogP contribution in [0, 0.1) is 0 Å². The van der Waals surface area contributed by atoms with Crippen molar-refractivity contribution in [2.24, 2.45) is 0 Å². The van der Waals surface area contributed by atoms with Crippen molar-refractivity contribution in [3.8, 4) is 0 Å². The lowest BCUT2D eigenvalue weighted by molar-refractivity contribution is -0.119. The monoisotopic (exact) mass is 358 g/mol. The van der Waals surface area contributed by atoms with Gasteiger partial charge in [-0.25, -0.2) is 9.78 Å². The van der Waals surface area contributed by atoms with Crippen molar-refractivity contribution >= 4 is 52.4 Å². The van der Waals surface area contributed by atoms with E-state index in [4.69, 9.17) is 39.5 Å². The molecule has 0 aliphatic rings. The zero-order chi connectivity index (χ0) is 16.1. The van der Waals surface area contributed by atoms with Crippen LogP contribution < -0.4 is 5.32 Å². The molecule has 0 spiro atoms. The minimum atomic E-state index is -0.677. The molecule has 1 aromatic heterocycles. The Morgan fingerprint density at radius 1 is 1.09 bits per heavy atom. The van der Waals surface area contributed by atoms with E-state index in [0.717, 1.165) is 0 Å². The Hall–Kier alpha value is -1.82. The summed E-state index contributed by atoms with van der Waals surface area (Å²) in [5.41, 5.74) is 0.615. The first-order valence-electron chi connectivity index (χ1n) is 5.98. The number of nitrogens with zero attached hydrogens (tertiary/aromatic N) is 1. The molecule has 0 aliphatic heterocycles. The van der Waals surface area contributed by atoms with Crippen LogP contribution in [-0.2, 0) is 9.53 Å². The molecule has 0 bridgehead atoms. The van der Waals surface area contributed by atoms with Crippen LogP contribution in [0.25, 0.3) is 0 Å². The van der Waals surface area contributed by atoms with E-state index in [9.17, 15) is 9.59 Å². The predicted molar refractivity (Wildman–Crippen MR) is 84.6 cm³/mol. The molecule has 5 nitrogen and oxygen atoms in total. The van der Waals surface area contributed by atoms with Gasteiger partial charge in [-0.2, -0.15) is 0 Å². The fraction of sp³-hybridized carbons (Fsp3) is 0.0714. The van der Waals surface area contributed by atoms with Gasteiger partial charge in [0.25, 0.3) is 5.91 Å². The average Bonchev–Trinajstić information content (AvgIpc) is 2.43. The number of anilines is 1. The van der Waals surface area contributed by atoms with E-state index >= 15 is 0 Å². The Bertz CT molecular complexity index is 702. The third-order valence-corrected chi connectivity index (χ3v) is 3.09. The summed E-state index contributed by atoms with van der Waals surface area (Å²) in [7, 11) is 0. The van der Waals surface area contributed by atoms with Gasteiger partial charge in [0.05, 0.1) is 5.56 Å². The van der Waals surface area contributed by atoms with E-state index in [-0.39, 0.29) is 10.7 Å². The fourth-order valence-corrected chi connectivity index (χ4v) is 2.27. The third-order valence-electron chi connectivity index (χ3n) is 2.44. The summed E-state index contributed by atoms with van der Waals surface area (Å²) in [5, 5.41) is 3.44. The van der Waals surface area contributed by atoms with Crippen molar-refractivity contribution in [1.82, 2.24) is 4.98 Å². The maximum Gasteiger partial charge on any atom is 0.338 e. The van der Waals surface area contributed by atoms with Crippen LogP contribution in [0.15, 0.2) is 36.5 Å². The van der Waals surface area contributed by atoms with Gasteiger partial charge >= 0.3 is 5.97 Å². The number of hydrogen-bond donors (Lipinski definition) is 1. The van der Waals surface area contributed by atoms with Gasteiger partial charge in [-0.3, -0.25) is 4.79 Å². The van der Waals surface area contributed by atoms with Crippen molar-refractivity contribution in [2.75, 3.05) is 11.9 Å². The van der Waals surface area contributed by atoms with E-state index < -0.39 is 18.5 Å². The number of ether oxygens (including phenoxy) is 1. The number of amides is 1. The number of aromatic nitrogens is 1. The molecule has 0 aliphatic carbocycles. The molecule has 1 N–H and O–H groups in total. The molecular formula is C14H9Cl3N2O3. The lowest BCUT2D eigenvalue weighted by Crippen LogP contribution is -2.21. The van der Waals surface area contributed by atoms with Gasteiger partial charge in [0.2, 0.25) is 0 Å². The van der Waals surface area contributed by atoms with Crippen LogP contribution in [-0.4, -0.2) is 23.5 Å². The summed E-state index contributed by atoms with van der Waals surface area (Å²) in [6, 6.07) is 7.36. The third kappa shape index (κ3) is 4.87. The minimum Gasteiger partial charge on any atom is -0.452 e. The first-order chi connectivity index (χ1) is 10.4. The van der Waals surface area contributed by atoms with E-state index in [1.807, 2.05) is 0 Å². The van der Waals surface area contributed by atoms with E-state index in [1.54, 1.807) is 0 Å². The lowest BCUT2D eigenvalue weighted by Gasteiger charge is -2.07. The molecule has 8 heteroatoms. The van der Waals surface area contributed by atoms with Gasteiger partial charge in [0.1, 0.15) is 5.15 Å². The molecule has 0 saturated heterocycles. The zero-order valence-corrected chi connectivity index (χ0v) is 13.2. The van der Waals surface area contributed by atoms with Crippen LogP contribution in [0.1, 0.15) is 10.4 Å². The molecule has 2 rings (SSSR count). The summed E-state index contributed by atoms with van der Waals surface area (Å²) < 4.78 is 4.87. The normalized spacial score (nSPS) is 10.1. The maximum absolute atomic E-state index is 11.7. The van der Waals surface area contributed by atoms with Gasteiger partial charge in [0, 0.05) is 21.9 Å². The van der Waals surface area contributed by atoms with Gasteiger partial charge in [-0.1, -0.05) is 34.8 Å². The molecule has 114 valence electrons. The Morgan fingerprint density at radius 3 is 2.41 bits per heavy atom. The number of carbonyl (C=O) groups excluding carboxylic acids is 2. The summed E-state index contributed by atoms with van der Waals surface area (Å²) in [6.07, 6.45) is 1.37. The minimum absolute atomic E-state index is 0.160. The number of benzene rings is 1. The second kappa shape index (κ2) is 7.45. The molecule has 1 aromatic carbocycles. The number of halogens is 3. The standard InChI is InChI=1S/C14H9Cl3N2O3/c15-9-4-10(16)6-11(5-9)19-13(20)7-22-14(21)8-1-2-18-12(17)3-8/h1-6H,7H2,(H,19,20). The van der Waals surface area contributed by atoms with Gasteiger partial charge in [-0.15, -0.1) is 0 Å². The second-order valence-corrected chi connectivity index (χ2v) is 5.41. The molecule has 2 aromatic rings. The second-order valence-electron chi connectivity index (χ2n) is 4.15. The number of pyridine rings is 1. The smallest absolute Gasteiger partial charge is 0.338 e. The quantitative estimate of drug-likeness (QED) is 0.665. The molecule has 22 heavy (non-hydrogen) atoms. The van der Waals surface area contributed by atoms with E-state index in [0.29, 0.717) is 15.7 Å². The van der Waals surface area contributed by atoms with Crippen LogP contribution in [0.5, 0.6) is 0 Å². The molecule has 0 radical (unpaired) electrons. The first kappa shape index (κ1) is 16.5. The largest absolute Gasteiger partial charge is 0.452 e. The Labute approximate surface area is 141 Å². The van der Waals surface area contributed by atoms with Crippen molar-refractivity contribution in [2.45, 2.75) is 0 Å². The summed E-state index contributed by atoms with van der Waals surface area (Å²) in [6.45, 7) is -0.455. The van der Waals surface area contributed by atoms with E-state index in [2.05, 4.69) is 10.3 Å². The van der Waals surface area contributed by atoms with Crippen LogP contribution >= 0.6 is 34.8 Å². The maximum atomic E-state index is 11.7. The average molecular weight is 360 g/mol. The fourth-order valence-electron chi connectivity index (χ4n) is 1.57. The molecule has 0 unspecified atom stereocenters. The Balaban J connectivity index is 1.91. The van der Waals surface area contributed by atoms with Gasteiger partial charge in [-0.05, 0) is 30.3 Å². The van der Waals surface area contributed by atoms with Crippen molar-refractivity contribution in [3.05, 3.63) is 57.3 Å². The number of nitrogens with one attached hydrogen (secondary N) is 1. The van der Waals surface area contributed by atoms with Gasteiger partial charge in [0.15, 0.2) is 6.61 Å². The highest BCUT2D eigenvalue weighted by Gasteiger charge is 2.11. The highest BCUT2D eigenvalue weighted by atomic mass is 35.5. The van der Waals surface area contributed by atoms with Crippen LogP contribution in [0.2, 0.25) is 15.2 Å². The van der Waals surface area contributed by atoms with Crippen molar-refractivity contribution in [3.63, 3.8) is 0 Å². The lowest BCUT2D eigenvalue weighted by atomic mass is 10.3. The number of rotatable bonds is 4.